The number of hydrogen-bond acceptors (Lipinski definition) is 5. The molecule has 2 aliphatic rings. The Hall–Kier alpha value is -3.86. The van der Waals surface area contributed by atoms with E-state index in [1.54, 1.807) is 24.3 Å². The number of hydrogen-bond donors (Lipinski definition) is 2. The fourth-order valence-corrected chi connectivity index (χ4v) is 5.42. The minimum absolute atomic E-state index is 0.0480. The smallest absolute Gasteiger partial charge is 0.305 e. The fourth-order valence-electron chi connectivity index (χ4n) is 5.42. The molecule has 1 saturated carbocycles. The van der Waals surface area contributed by atoms with Crippen LogP contribution in [0, 0.1) is 22.7 Å². The Kier molecular flexibility index (Phi) is 8.35. The second-order valence-electron chi connectivity index (χ2n) is 11.2. The summed E-state index contributed by atoms with van der Waals surface area (Å²) in [4.78, 5) is 30.2. The van der Waals surface area contributed by atoms with Gasteiger partial charge >= 0.3 is 5.97 Å². The Labute approximate surface area is 224 Å². The van der Waals surface area contributed by atoms with Crippen molar-refractivity contribution in [3.63, 3.8) is 0 Å². The van der Waals surface area contributed by atoms with Crippen LogP contribution in [-0.4, -0.2) is 47.1 Å². The zero-order valence-corrected chi connectivity index (χ0v) is 22.3. The van der Waals surface area contributed by atoms with Crippen LogP contribution in [0.2, 0.25) is 0 Å². The summed E-state index contributed by atoms with van der Waals surface area (Å²) in [5.41, 5.74) is 3.03. The summed E-state index contributed by atoms with van der Waals surface area (Å²) < 4.78 is 6.17. The van der Waals surface area contributed by atoms with E-state index in [0.29, 0.717) is 35.4 Å². The van der Waals surface area contributed by atoms with E-state index in [4.69, 9.17) is 14.8 Å². The molecule has 1 saturated heterocycles. The number of nitriles is 1. The van der Waals surface area contributed by atoms with Gasteiger partial charge < -0.3 is 20.1 Å². The number of aliphatic imine (C=N–C) groups is 1. The predicted molar refractivity (Wildman–Crippen MR) is 145 cm³/mol. The van der Waals surface area contributed by atoms with Crippen LogP contribution in [0.25, 0.3) is 0 Å². The average molecular weight is 517 g/mol. The van der Waals surface area contributed by atoms with Gasteiger partial charge in [-0.2, -0.15) is 10.3 Å². The lowest BCUT2D eigenvalue weighted by Crippen LogP contribution is -2.42. The summed E-state index contributed by atoms with van der Waals surface area (Å²) in [5, 5.41) is 20.7. The number of rotatable bonds is 7. The maximum atomic E-state index is 12.4. The number of aliphatic carboxylic acids is 1. The molecule has 8 heteroatoms. The predicted octanol–water partition coefficient (Wildman–Crippen LogP) is 5.43. The second kappa shape index (κ2) is 11.7. The molecule has 1 aliphatic heterocycles. The van der Waals surface area contributed by atoms with Crippen molar-refractivity contribution in [2.45, 2.75) is 65.0 Å². The molecule has 8 nitrogen and oxygen atoms in total. The van der Waals surface area contributed by atoms with Gasteiger partial charge in [0, 0.05) is 18.2 Å². The quantitative estimate of drug-likeness (QED) is 0.507. The molecule has 1 heterocycles. The number of carboxylic acid groups (broad SMARTS) is 1. The van der Waals surface area contributed by atoms with Gasteiger partial charge in [0.25, 0.3) is 11.9 Å². The number of nitrogens with zero attached hydrogens (tertiary/aromatic N) is 3. The van der Waals surface area contributed by atoms with Crippen LogP contribution in [0.15, 0.2) is 53.5 Å². The lowest BCUT2D eigenvalue weighted by atomic mass is 9.71. The van der Waals surface area contributed by atoms with Crippen molar-refractivity contribution in [1.82, 2.24) is 10.2 Å². The monoisotopic (exact) mass is 516 g/mol. The SMILES string of the molecule is CC(C)(C)C1CCC(N2C(=Nc3cccc(C#N)c3)OCC2c2ccc(C(=O)NCCC(=O)O)cc2)CC1. The molecule has 2 fully saturated rings. The minimum Gasteiger partial charge on any atom is -0.481 e. The van der Waals surface area contributed by atoms with E-state index in [1.165, 1.54) is 0 Å². The molecule has 4 rings (SSSR count). The van der Waals surface area contributed by atoms with Gasteiger partial charge in [0.2, 0.25) is 0 Å². The Morgan fingerprint density at radius 1 is 1.13 bits per heavy atom. The first kappa shape index (κ1) is 27.2. The van der Waals surface area contributed by atoms with Crippen LogP contribution in [-0.2, 0) is 9.53 Å². The highest BCUT2D eigenvalue weighted by Gasteiger charge is 2.40. The van der Waals surface area contributed by atoms with E-state index < -0.39 is 5.97 Å². The number of carbonyl (C=O) groups is 2. The van der Waals surface area contributed by atoms with Gasteiger partial charge in [0.05, 0.1) is 29.8 Å². The fraction of sp³-hybridized carbons (Fsp3) is 0.467. The van der Waals surface area contributed by atoms with Gasteiger partial charge in [-0.25, -0.2) is 0 Å². The molecule has 1 atom stereocenters. The lowest BCUT2D eigenvalue weighted by Gasteiger charge is -2.41. The van der Waals surface area contributed by atoms with Crippen molar-refractivity contribution in [2.24, 2.45) is 16.3 Å². The molecule has 0 radical (unpaired) electrons. The van der Waals surface area contributed by atoms with Gasteiger partial charge in [0.1, 0.15) is 6.61 Å². The first-order valence-electron chi connectivity index (χ1n) is 13.3. The normalized spacial score (nSPS) is 22.5. The van der Waals surface area contributed by atoms with E-state index >= 15 is 0 Å². The van der Waals surface area contributed by atoms with Crippen molar-refractivity contribution in [1.29, 1.82) is 5.26 Å². The number of carboxylic acids is 1. The first-order chi connectivity index (χ1) is 18.2. The van der Waals surface area contributed by atoms with Crippen LogP contribution < -0.4 is 5.32 Å². The molecule has 2 aromatic rings. The van der Waals surface area contributed by atoms with Gasteiger partial charge in [0.15, 0.2) is 0 Å². The largest absolute Gasteiger partial charge is 0.481 e. The summed E-state index contributed by atoms with van der Waals surface area (Å²) in [5.74, 6) is -0.569. The number of nitrogens with one attached hydrogen (secondary N) is 1. The molecule has 0 aromatic heterocycles. The summed E-state index contributed by atoms with van der Waals surface area (Å²) in [7, 11) is 0. The minimum atomic E-state index is -0.949. The number of ether oxygens (including phenoxy) is 1. The van der Waals surface area contributed by atoms with Crippen LogP contribution in [0.4, 0.5) is 5.69 Å². The molecule has 2 N–H and O–H groups in total. The molecule has 0 spiro atoms. The van der Waals surface area contributed by atoms with E-state index in [2.05, 4.69) is 37.1 Å². The standard InChI is InChI=1S/C30H36N4O4/c1-30(2,3)23-11-13-25(14-12-23)34-26(19-38-29(34)33-24-6-4-5-20(17-24)18-31)21-7-9-22(10-8-21)28(37)32-16-15-27(35)36/h4-10,17,23,25-26H,11-16,19H2,1-3H3,(H,32,37)(H,35,36). The maximum Gasteiger partial charge on any atom is 0.305 e. The van der Waals surface area contributed by atoms with Crippen molar-refractivity contribution in [3.05, 3.63) is 65.2 Å². The third-order valence-corrected chi connectivity index (χ3v) is 7.62. The Bertz CT molecular complexity index is 1220. The number of amides is 1. The summed E-state index contributed by atoms with van der Waals surface area (Å²) in [6.07, 6.45) is 4.26. The number of benzene rings is 2. The molecule has 38 heavy (non-hydrogen) atoms. The van der Waals surface area contributed by atoms with Crippen LogP contribution in [0.1, 0.15) is 80.4 Å². The number of carbonyl (C=O) groups excluding carboxylic acids is 1. The van der Waals surface area contributed by atoms with E-state index in [9.17, 15) is 14.9 Å². The van der Waals surface area contributed by atoms with Crippen LogP contribution >= 0.6 is 0 Å². The van der Waals surface area contributed by atoms with Crippen molar-refractivity contribution in [2.75, 3.05) is 13.2 Å². The van der Waals surface area contributed by atoms with Gasteiger partial charge in [-0.3, -0.25) is 9.59 Å². The third kappa shape index (κ3) is 6.52. The summed E-state index contributed by atoms with van der Waals surface area (Å²) in [6, 6.07) is 17.6. The van der Waals surface area contributed by atoms with Gasteiger partial charge in [-0.05, 0) is 72.9 Å². The van der Waals surface area contributed by atoms with Crippen molar-refractivity contribution >= 4 is 23.6 Å². The van der Waals surface area contributed by atoms with E-state index in [-0.39, 0.29) is 36.4 Å². The lowest BCUT2D eigenvalue weighted by molar-refractivity contribution is -0.136. The Morgan fingerprint density at radius 2 is 1.84 bits per heavy atom. The topological polar surface area (TPSA) is 115 Å². The molecular weight excluding hydrogens is 480 g/mol. The molecule has 1 unspecified atom stereocenters. The Balaban J connectivity index is 1.57. The molecular formula is C30H36N4O4. The van der Waals surface area contributed by atoms with E-state index in [1.807, 2.05) is 24.3 Å². The zero-order valence-electron chi connectivity index (χ0n) is 22.3. The van der Waals surface area contributed by atoms with Crippen LogP contribution in [0.3, 0.4) is 0 Å². The Morgan fingerprint density at radius 3 is 2.47 bits per heavy atom. The average Bonchev–Trinajstić information content (AvgIpc) is 3.31. The summed E-state index contributed by atoms with van der Waals surface area (Å²) in [6.45, 7) is 7.47. The molecule has 0 bridgehead atoms. The first-order valence-corrected chi connectivity index (χ1v) is 13.3. The highest BCUT2D eigenvalue weighted by molar-refractivity contribution is 5.94. The van der Waals surface area contributed by atoms with Gasteiger partial charge in [-0.15, -0.1) is 0 Å². The van der Waals surface area contributed by atoms with E-state index in [0.717, 1.165) is 31.2 Å². The second-order valence-corrected chi connectivity index (χ2v) is 11.2. The van der Waals surface area contributed by atoms with Gasteiger partial charge in [-0.1, -0.05) is 39.0 Å². The maximum absolute atomic E-state index is 12.4. The summed E-state index contributed by atoms with van der Waals surface area (Å²) >= 11 is 0. The highest BCUT2D eigenvalue weighted by atomic mass is 16.5. The third-order valence-electron chi connectivity index (χ3n) is 7.62. The van der Waals surface area contributed by atoms with Crippen molar-refractivity contribution in [3.8, 4) is 6.07 Å². The highest BCUT2D eigenvalue weighted by Crippen LogP contribution is 2.42. The van der Waals surface area contributed by atoms with Crippen molar-refractivity contribution < 1.29 is 19.4 Å². The molecule has 1 aliphatic carbocycles. The molecule has 2 aromatic carbocycles. The molecule has 1 amide bonds. The zero-order chi connectivity index (χ0) is 27.3. The number of amidine groups is 1. The van der Waals surface area contributed by atoms with Crippen LogP contribution in [0.5, 0.6) is 0 Å². The molecule has 200 valence electrons.